The molecule has 7 heteroatoms. The predicted octanol–water partition coefficient (Wildman–Crippen LogP) is 5.07. The van der Waals surface area contributed by atoms with Crippen LogP contribution in [-0.2, 0) is 14.3 Å². The van der Waals surface area contributed by atoms with Gasteiger partial charge in [0.15, 0.2) is 0 Å². The molecule has 0 saturated carbocycles. The minimum atomic E-state index is -1.16. The number of nitrogens with zero attached hydrogens (tertiary/aromatic N) is 1. The molecule has 0 saturated heterocycles. The molecule has 2 N–H and O–H groups in total. The van der Waals surface area contributed by atoms with Gasteiger partial charge in [0, 0.05) is 18.3 Å². The molecule has 1 aromatic heterocycles. The Kier molecular flexibility index (Phi) is 8.79. The minimum Gasteiger partial charge on any atom is -0.457 e. The molecule has 0 fully saturated rings. The van der Waals surface area contributed by atoms with Crippen LogP contribution in [0.2, 0.25) is 0 Å². The highest BCUT2D eigenvalue weighted by Gasteiger charge is 2.30. The highest BCUT2D eigenvalue weighted by Crippen LogP contribution is 2.33. The molecule has 1 aliphatic heterocycles. The number of allylic oxidation sites excluding steroid dienone is 3. The van der Waals surface area contributed by atoms with Gasteiger partial charge >= 0.3 is 5.97 Å². The van der Waals surface area contributed by atoms with Crippen molar-refractivity contribution in [2.75, 3.05) is 0 Å². The Bertz CT molecular complexity index is 1090. The number of hydrogen-bond donors (Lipinski definition) is 2. The molecular weight excluding hydrogens is 450 g/mol. The van der Waals surface area contributed by atoms with E-state index in [0.717, 1.165) is 26.4 Å². The first-order chi connectivity index (χ1) is 16.0. The second-order valence-electron chi connectivity index (χ2n) is 9.56. The summed E-state index contributed by atoms with van der Waals surface area (Å²) in [7, 11) is 0. The smallest absolute Gasteiger partial charge is 0.309 e. The van der Waals surface area contributed by atoms with E-state index in [1.165, 1.54) is 0 Å². The van der Waals surface area contributed by atoms with E-state index < -0.39 is 30.2 Å². The van der Waals surface area contributed by atoms with Crippen molar-refractivity contribution in [1.82, 2.24) is 4.98 Å². The van der Waals surface area contributed by atoms with Crippen LogP contribution in [0.5, 0.6) is 0 Å². The van der Waals surface area contributed by atoms with Gasteiger partial charge in [-0.2, -0.15) is 0 Å². The summed E-state index contributed by atoms with van der Waals surface area (Å²) in [5.41, 5.74) is 2.71. The zero-order valence-electron chi connectivity index (χ0n) is 20.5. The Balaban J connectivity index is 1.94. The number of carbonyl (C=O) groups is 2. The van der Waals surface area contributed by atoms with E-state index in [4.69, 9.17) is 4.74 Å². The SMILES string of the molecule is CC1=C/[C@H](C)[C@@H](c2ccc3sc(C)nc3c2)OC(=O)C[C@H](O)CC(=O)[C@H](C)[C@@H](O)[C@@H](C)C\C=C\1. The quantitative estimate of drug-likeness (QED) is 0.547. The van der Waals surface area contributed by atoms with Crippen molar-refractivity contribution in [3.63, 3.8) is 0 Å². The molecule has 184 valence electrons. The van der Waals surface area contributed by atoms with E-state index >= 15 is 0 Å². The first kappa shape index (κ1) is 26.3. The molecule has 2 heterocycles. The monoisotopic (exact) mass is 485 g/mol. The van der Waals surface area contributed by atoms with Crippen molar-refractivity contribution in [3.8, 4) is 0 Å². The summed E-state index contributed by atoms with van der Waals surface area (Å²) < 4.78 is 6.94. The van der Waals surface area contributed by atoms with Crippen LogP contribution in [0, 0.1) is 24.7 Å². The van der Waals surface area contributed by atoms with Gasteiger partial charge < -0.3 is 14.9 Å². The maximum Gasteiger partial charge on any atom is 0.309 e. The van der Waals surface area contributed by atoms with E-state index in [2.05, 4.69) is 11.1 Å². The molecule has 6 nitrogen and oxygen atoms in total. The molecule has 0 bridgehead atoms. The van der Waals surface area contributed by atoms with Crippen LogP contribution in [0.15, 0.2) is 42.0 Å². The first-order valence-corrected chi connectivity index (χ1v) is 12.7. The topological polar surface area (TPSA) is 96.7 Å². The largest absolute Gasteiger partial charge is 0.457 e. The fraction of sp³-hybridized carbons (Fsp3) is 0.519. The normalized spacial score (nSPS) is 32.7. The number of fused-ring (bicyclic) bond motifs is 1. The maximum absolute atomic E-state index is 12.8. The Morgan fingerprint density at radius 2 is 1.82 bits per heavy atom. The van der Waals surface area contributed by atoms with Crippen molar-refractivity contribution in [3.05, 3.63) is 52.6 Å². The Hall–Kier alpha value is -2.35. The number of aliphatic hydroxyl groups is 2. The molecule has 34 heavy (non-hydrogen) atoms. The standard InChI is InChI=1S/C27H35NO5S/c1-15-7-6-8-16(2)26(32)18(4)23(30)13-21(29)14-25(31)33-27(17(3)11-15)20-9-10-24-22(12-20)28-19(5)34-24/h6-7,9-12,16-18,21,26-27,29,32H,8,13-14H2,1-5H3/b7-6+,15-11-/t16-,17-,18-,21+,26-,27-/m0/s1. The zero-order chi connectivity index (χ0) is 25.0. The highest BCUT2D eigenvalue weighted by molar-refractivity contribution is 7.18. The van der Waals surface area contributed by atoms with Gasteiger partial charge in [-0.15, -0.1) is 11.3 Å². The van der Waals surface area contributed by atoms with Gasteiger partial charge in [-0.05, 0) is 43.9 Å². The molecule has 0 radical (unpaired) electrons. The number of ether oxygens (including phenoxy) is 1. The number of ketones is 1. The summed E-state index contributed by atoms with van der Waals surface area (Å²) in [6.07, 6.45) is 3.66. The van der Waals surface area contributed by atoms with E-state index in [1.54, 1.807) is 18.3 Å². The molecule has 1 aromatic carbocycles. The predicted molar refractivity (Wildman–Crippen MR) is 134 cm³/mol. The number of aromatic nitrogens is 1. The third-order valence-corrected chi connectivity index (χ3v) is 7.39. The molecule has 6 atom stereocenters. The number of cyclic esters (lactones) is 1. The fourth-order valence-corrected chi connectivity index (χ4v) is 5.24. The Labute approximate surface area is 205 Å². The van der Waals surface area contributed by atoms with E-state index in [0.29, 0.717) is 6.42 Å². The molecule has 0 amide bonds. The summed E-state index contributed by atoms with van der Waals surface area (Å²) in [6, 6.07) is 5.90. The second-order valence-corrected chi connectivity index (χ2v) is 10.8. The maximum atomic E-state index is 12.8. The van der Waals surface area contributed by atoms with Gasteiger partial charge in [-0.1, -0.05) is 50.6 Å². The number of rotatable bonds is 1. The lowest BCUT2D eigenvalue weighted by Crippen LogP contribution is -2.33. The van der Waals surface area contributed by atoms with Gasteiger partial charge in [0.25, 0.3) is 0 Å². The molecule has 2 aromatic rings. The third kappa shape index (κ3) is 6.62. The van der Waals surface area contributed by atoms with Crippen LogP contribution in [0.1, 0.15) is 63.6 Å². The van der Waals surface area contributed by atoms with Gasteiger partial charge in [0.1, 0.15) is 11.9 Å². The summed E-state index contributed by atoms with van der Waals surface area (Å²) >= 11 is 1.61. The van der Waals surface area contributed by atoms with Crippen LogP contribution in [0.4, 0.5) is 0 Å². The summed E-state index contributed by atoms with van der Waals surface area (Å²) in [4.78, 5) is 29.9. The number of thiazole rings is 1. The van der Waals surface area contributed by atoms with Gasteiger partial charge in [0.2, 0.25) is 0 Å². The average molecular weight is 486 g/mol. The molecule has 0 aliphatic carbocycles. The first-order valence-electron chi connectivity index (χ1n) is 11.9. The van der Waals surface area contributed by atoms with Crippen molar-refractivity contribution >= 4 is 33.3 Å². The lowest BCUT2D eigenvalue weighted by atomic mass is 9.86. The summed E-state index contributed by atoms with van der Waals surface area (Å²) in [5.74, 6) is -1.71. The number of carbonyl (C=O) groups excluding carboxylic acids is 2. The van der Waals surface area contributed by atoms with Crippen molar-refractivity contribution in [2.24, 2.45) is 17.8 Å². The number of benzene rings is 1. The number of aliphatic hydroxyl groups excluding tert-OH is 2. The average Bonchev–Trinajstić information content (AvgIpc) is 3.14. The van der Waals surface area contributed by atoms with E-state index in [9.17, 15) is 19.8 Å². The number of aryl methyl sites for hydroxylation is 1. The summed E-state index contributed by atoms with van der Waals surface area (Å²) in [5, 5.41) is 21.9. The van der Waals surface area contributed by atoms with Crippen LogP contribution in [0.3, 0.4) is 0 Å². The number of hydrogen-bond acceptors (Lipinski definition) is 7. The van der Waals surface area contributed by atoms with Gasteiger partial charge in [-0.25, -0.2) is 4.98 Å². The van der Waals surface area contributed by atoms with Gasteiger partial charge in [0.05, 0.1) is 33.9 Å². The number of esters is 1. The molecule has 1 aliphatic rings. The van der Waals surface area contributed by atoms with E-state index in [-0.39, 0.29) is 30.5 Å². The summed E-state index contributed by atoms with van der Waals surface area (Å²) in [6.45, 7) is 9.51. The van der Waals surface area contributed by atoms with Crippen LogP contribution in [0.25, 0.3) is 10.2 Å². The fourth-order valence-electron chi connectivity index (χ4n) is 4.44. The van der Waals surface area contributed by atoms with Crippen LogP contribution < -0.4 is 0 Å². The second kappa shape index (κ2) is 11.4. The number of Topliss-reactive ketones (excluding diaryl/α,β-unsaturated/α-hetero) is 1. The molecule has 0 unspecified atom stereocenters. The lowest BCUT2D eigenvalue weighted by molar-refractivity contribution is -0.153. The zero-order valence-corrected chi connectivity index (χ0v) is 21.3. The third-order valence-electron chi connectivity index (χ3n) is 6.44. The molecule has 0 spiro atoms. The molecular formula is C27H35NO5S. The van der Waals surface area contributed by atoms with Gasteiger partial charge in [-0.3, -0.25) is 9.59 Å². The Morgan fingerprint density at radius 1 is 1.09 bits per heavy atom. The lowest BCUT2D eigenvalue weighted by Gasteiger charge is -2.25. The van der Waals surface area contributed by atoms with E-state index in [1.807, 2.05) is 58.0 Å². The van der Waals surface area contributed by atoms with Crippen molar-refractivity contribution in [1.29, 1.82) is 0 Å². The van der Waals surface area contributed by atoms with Crippen LogP contribution in [-0.4, -0.2) is 39.2 Å². The highest BCUT2D eigenvalue weighted by atomic mass is 32.1. The Morgan fingerprint density at radius 3 is 2.56 bits per heavy atom. The molecule has 3 rings (SSSR count). The van der Waals surface area contributed by atoms with Crippen LogP contribution >= 0.6 is 11.3 Å². The van der Waals surface area contributed by atoms with Crippen molar-refractivity contribution in [2.45, 2.75) is 72.2 Å². The minimum absolute atomic E-state index is 0.114. The van der Waals surface area contributed by atoms with Crippen molar-refractivity contribution < 1.29 is 24.5 Å².